The second-order valence-corrected chi connectivity index (χ2v) is 4.45. The molecule has 2 aromatic rings. The molecule has 3 rings (SSSR count). The van der Waals surface area contributed by atoms with E-state index in [-0.39, 0.29) is 0 Å². The van der Waals surface area contributed by atoms with E-state index in [1.54, 1.807) is 16.8 Å². The first kappa shape index (κ1) is 11.5. The monoisotopic (exact) mass is 259 g/mol. The molecule has 0 bridgehead atoms. The molecule has 0 spiro atoms. The van der Waals surface area contributed by atoms with Crippen LogP contribution in [0, 0.1) is 6.92 Å². The number of benzene rings is 1. The van der Waals surface area contributed by atoms with Crippen LogP contribution >= 0.6 is 0 Å². The predicted molar refractivity (Wildman–Crippen MR) is 69.9 cm³/mol. The van der Waals surface area contributed by atoms with Gasteiger partial charge in [-0.2, -0.15) is 5.10 Å². The molecule has 2 heterocycles. The highest BCUT2D eigenvalue weighted by molar-refractivity contribution is 5.91. The van der Waals surface area contributed by atoms with Gasteiger partial charge in [-0.1, -0.05) is 6.07 Å². The number of para-hydroxylation sites is 1. The molecule has 2 N–H and O–H groups in total. The van der Waals surface area contributed by atoms with Crippen LogP contribution in [0.3, 0.4) is 0 Å². The van der Waals surface area contributed by atoms with Gasteiger partial charge in [0.05, 0.1) is 23.6 Å². The van der Waals surface area contributed by atoms with E-state index in [9.17, 15) is 4.79 Å². The molecule has 0 aliphatic carbocycles. The Bertz CT molecular complexity index is 664. The summed E-state index contributed by atoms with van der Waals surface area (Å²) in [5.41, 5.74) is 2.18. The molecule has 0 fully saturated rings. The van der Waals surface area contributed by atoms with E-state index in [4.69, 9.17) is 5.11 Å². The molecule has 0 saturated heterocycles. The van der Waals surface area contributed by atoms with E-state index < -0.39 is 6.09 Å². The van der Waals surface area contributed by atoms with Crippen LogP contribution in [0.5, 0.6) is 0 Å². The van der Waals surface area contributed by atoms with Gasteiger partial charge in [0.1, 0.15) is 5.82 Å². The minimum Gasteiger partial charge on any atom is -0.465 e. The van der Waals surface area contributed by atoms with Crippen molar-refractivity contribution < 1.29 is 9.90 Å². The van der Waals surface area contributed by atoms with Gasteiger partial charge in [0, 0.05) is 7.05 Å². The molecule has 1 amide bonds. The maximum atomic E-state index is 10.8. The average Bonchev–Trinajstić information content (AvgIpc) is 2.69. The number of carboxylic acid groups (broad SMARTS) is 1. The molecule has 1 aromatic carbocycles. The lowest BCUT2D eigenvalue weighted by atomic mass is 10.1. The van der Waals surface area contributed by atoms with E-state index in [0.717, 1.165) is 17.2 Å². The molecule has 0 unspecified atom stereocenters. The highest BCUT2D eigenvalue weighted by Crippen LogP contribution is 2.36. The normalized spacial score (nSPS) is 12.8. The molecular formula is C12H13N5O2. The number of hydrogen-bond donors (Lipinski definition) is 2. The van der Waals surface area contributed by atoms with Crippen LogP contribution in [-0.4, -0.2) is 33.0 Å². The van der Waals surface area contributed by atoms with E-state index in [0.29, 0.717) is 18.1 Å². The lowest BCUT2D eigenvalue weighted by molar-refractivity contribution is 0.210. The van der Waals surface area contributed by atoms with Gasteiger partial charge >= 0.3 is 6.09 Å². The molecule has 0 radical (unpaired) electrons. The number of fused-ring (bicyclic) bond motifs is 3. The van der Waals surface area contributed by atoms with Crippen molar-refractivity contribution in [1.82, 2.24) is 14.8 Å². The summed E-state index contributed by atoms with van der Waals surface area (Å²) in [7, 11) is 1.90. The van der Waals surface area contributed by atoms with Crippen LogP contribution < -0.4 is 10.2 Å². The van der Waals surface area contributed by atoms with E-state index in [2.05, 4.69) is 15.4 Å². The summed E-state index contributed by atoms with van der Waals surface area (Å²) >= 11 is 0. The van der Waals surface area contributed by atoms with Crippen molar-refractivity contribution in [2.24, 2.45) is 0 Å². The number of amides is 1. The summed E-state index contributed by atoms with van der Waals surface area (Å²) in [6.45, 7) is 2.43. The molecule has 19 heavy (non-hydrogen) atoms. The first-order chi connectivity index (χ1) is 9.06. The van der Waals surface area contributed by atoms with Crippen LogP contribution in [0.15, 0.2) is 18.2 Å². The van der Waals surface area contributed by atoms with Gasteiger partial charge < -0.3 is 10.0 Å². The second kappa shape index (κ2) is 3.98. The molecule has 7 nitrogen and oxygen atoms in total. The number of aromatic nitrogens is 3. The maximum absolute atomic E-state index is 10.8. The molecule has 98 valence electrons. The largest absolute Gasteiger partial charge is 0.465 e. The zero-order valence-corrected chi connectivity index (χ0v) is 10.6. The van der Waals surface area contributed by atoms with Crippen molar-refractivity contribution in [3.05, 3.63) is 29.8 Å². The first-order valence-corrected chi connectivity index (χ1v) is 5.83. The van der Waals surface area contributed by atoms with Gasteiger partial charge in [-0.25, -0.2) is 14.5 Å². The molecule has 7 heteroatoms. The van der Waals surface area contributed by atoms with Gasteiger partial charge in [-0.3, -0.25) is 5.32 Å². The third kappa shape index (κ3) is 1.79. The predicted octanol–water partition coefficient (Wildman–Crippen LogP) is 1.62. The van der Waals surface area contributed by atoms with Gasteiger partial charge in [-0.05, 0) is 19.1 Å². The number of hydrogen-bond acceptors (Lipinski definition) is 4. The Labute approximate surface area is 109 Å². The zero-order chi connectivity index (χ0) is 13.6. The molecule has 1 aliphatic heterocycles. The van der Waals surface area contributed by atoms with Crippen LogP contribution in [0.25, 0.3) is 5.69 Å². The average molecular weight is 259 g/mol. The molecule has 1 aromatic heterocycles. The Balaban J connectivity index is 2.20. The fourth-order valence-electron chi connectivity index (χ4n) is 2.36. The van der Waals surface area contributed by atoms with Crippen molar-refractivity contribution in [2.75, 3.05) is 17.3 Å². The minimum atomic E-state index is -1.08. The number of anilines is 2. The summed E-state index contributed by atoms with van der Waals surface area (Å²) in [5.74, 6) is 1.55. The number of rotatable bonds is 1. The quantitative estimate of drug-likeness (QED) is 0.813. The molecule has 0 atom stereocenters. The number of nitrogens with one attached hydrogen (secondary N) is 1. The summed E-state index contributed by atoms with van der Waals surface area (Å²) in [6.07, 6.45) is -1.08. The fraction of sp³-hybridized carbons (Fsp3) is 0.250. The summed E-state index contributed by atoms with van der Waals surface area (Å²) in [6, 6.07) is 5.43. The zero-order valence-electron chi connectivity index (χ0n) is 10.6. The third-order valence-electron chi connectivity index (χ3n) is 3.02. The first-order valence-electron chi connectivity index (χ1n) is 5.83. The van der Waals surface area contributed by atoms with Crippen molar-refractivity contribution in [1.29, 1.82) is 0 Å². The molecule has 1 aliphatic rings. The van der Waals surface area contributed by atoms with Crippen LogP contribution in [0.4, 0.5) is 16.2 Å². The minimum absolute atomic E-state index is 0.548. The Hall–Kier alpha value is -2.57. The van der Waals surface area contributed by atoms with Crippen molar-refractivity contribution in [3.63, 3.8) is 0 Å². The standard InChI is InChI=1S/C12H13N5O2/c1-7-13-10-6-16(2)11-8(14-12(18)19)4-3-5-9(11)17(10)15-7/h3-5,14H,6H2,1-2H3,(H,18,19). The van der Waals surface area contributed by atoms with Crippen molar-refractivity contribution in [3.8, 4) is 5.69 Å². The number of carbonyl (C=O) groups is 1. The van der Waals surface area contributed by atoms with Gasteiger partial charge in [0.25, 0.3) is 0 Å². The Morgan fingerprint density at radius 3 is 3.00 bits per heavy atom. The smallest absolute Gasteiger partial charge is 0.409 e. The SMILES string of the molecule is Cc1nc2n(n1)-c1cccc(NC(=O)O)c1N(C)C2. The molecule has 0 saturated carbocycles. The third-order valence-corrected chi connectivity index (χ3v) is 3.02. The Morgan fingerprint density at radius 2 is 2.26 bits per heavy atom. The second-order valence-electron chi connectivity index (χ2n) is 4.45. The number of nitrogens with zero attached hydrogens (tertiary/aromatic N) is 4. The fourth-order valence-corrected chi connectivity index (χ4v) is 2.36. The highest BCUT2D eigenvalue weighted by Gasteiger charge is 2.25. The number of aryl methyl sites for hydroxylation is 1. The topological polar surface area (TPSA) is 83.3 Å². The van der Waals surface area contributed by atoms with Gasteiger partial charge in [0.15, 0.2) is 5.82 Å². The molecular weight excluding hydrogens is 246 g/mol. The Morgan fingerprint density at radius 1 is 1.47 bits per heavy atom. The van der Waals surface area contributed by atoms with Crippen LogP contribution in [0.2, 0.25) is 0 Å². The van der Waals surface area contributed by atoms with E-state index in [1.165, 1.54) is 0 Å². The van der Waals surface area contributed by atoms with Gasteiger partial charge in [-0.15, -0.1) is 0 Å². The summed E-state index contributed by atoms with van der Waals surface area (Å²) < 4.78 is 1.76. The summed E-state index contributed by atoms with van der Waals surface area (Å²) in [4.78, 5) is 17.2. The van der Waals surface area contributed by atoms with Crippen molar-refractivity contribution in [2.45, 2.75) is 13.5 Å². The van der Waals surface area contributed by atoms with E-state index >= 15 is 0 Å². The summed E-state index contributed by atoms with van der Waals surface area (Å²) in [5, 5.41) is 15.7. The van der Waals surface area contributed by atoms with Crippen LogP contribution in [-0.2, 0) is 6.54 Å². The lowest BCUT2D eigenvalue weighted by Gasteiger charge is -2.29. The lowest BCUT2D eigenvalue weighted by Crippen LogP contribution is -2.27. The van der Waals surface area contributed by atoms with Crippen molar-refractivity contribution >= 4 is 17.5 Å². The van der Waals surface area contributed by atoms with Gasteiger partial charge in [0.2, 0.25) is 0 Å². The van der Waals surface area contributed by atoms with Crippen LogP contribution in [0.1, 0.15) is 11.6 Å². The van der Waals surface area contributed by atoms with E-state index in [1.807, 2.05) is 24.9 Å². The highest BCUT2D eigenvalue weighted by atomic mass is 16.4. The maximum Gasteiger partial charge on any atom is 0.409 e. The Kier molecular flexibility index (Phi) is 2.41.